The van der Waals surface area contributed by atoms with Crippen molar-refractivity contribution < 1.29 is 31.3 Å². The molecule has 2 aromatic rings. The molecule has 0 spiro atoms. The molecule has 0 amide bonds. The summed E-state index contributed by atoms with van der Waals surface area (Å²) in [5, 5.41) is -0.00443. The molecular formula is C27H40N2O8SSi. The molecule has 0 bridgehead atoms. The van der Waals surface area contributed by atoms with Gasteiger partial charge in [-0.05, 0) is 56.5 Å². The van der Waals surface area contributed by atoms with Gasteiger partial charge in [0.25, 0.3) is 0 Å². The van der Waals surface area contributed by atoms with Gasteiger partial charge in [-0.25, -0.2) is 4.79 Å². The molecule has 1 saturated heterocycles. The van der Waals surface area contributed by atoms with Crippen LogP contribution in [0.3, 0.4) is 0 Å². The number of ether oxygens (including phenoxy) is 2. The lowest BCUT2D eigenvalue weighted by Crippen LogP contribution is -2.43. The fourth-order valence-electron chi connectivity index (χ4n) is 4.53. The number of methoxy groups -OCH3 is 1. The molecule has 3 rings (SSSR count). The van der Waals surface area contributed by atoms with Crippen LogP contribution >= 0.6 is 0 Å². The molecule has 0 saturated carbocycles. The van der Waals surface area contributed by atoms with E-state index in [2.05, 4.69) is 38.8 Å². The summed E-state index contributed by atoms with van der Waals surface area (Å²) in [6.45, 7) is 16.2. The molecule has 0 radical (unpaired) electrons. The van der Waals surface area contributed by atoms with E-state index in [4.69, 9.17) is 18.1 Å². The van der Waals surface area contributed by atoms with Gasteiger partial charge in [-0.3, -0.25) is 9.36 Å². The van der Waals surface area contributed by atoms with E-state index in [-0.39, 0.29) is 40.7 Å². The van der Waals surface area contributed by atoms with E-state index in [9.17, 15) is 18.0 Å². The maximum absolute atomic E-state index is 13.0. The summed E-state index contributed by atoms with van der Waals surface area (Å²) in [4.78, 5) is 28.9. The van der Waals surface area contributed by atoms with E-state index in [0.29, 0.717) is 17.5 Å². The van der Waals surface area contributed by atoms with Crippen molar-refractivity contribution in [1.29, 1.82) is 0 Å². The zero-order chi connectivity index (χ0) is 29.3. The monoisotopic (exact) mass is 580 g/mol. The fourth-order valence-corrected chi connectivity index (χ4v) is 6.85. The summed E-state index contributed by atoms with van der Waals surface area (Å²) in [5.74, 6) is -0.942. The van der Waals surface area contributed by atoms with Gasteiger partial charge in [-0.15, -0.1) is 0 Å². The lowest BCUT2D eigenvalue weighted by atomic mass is 9.97. The Balaban J connectivity index is 1.82. The normalized spacial score (nSPS) is 20.2. The highest BCUT2D eigenvalue weighted by molar-refractivity contribution is 7.87. The smallest absolute Gasteiger partial charge is 0.353 e. The molecule has 1 fully saturated rings. The average molecular weight is 581 g/mol. The number of hydrogen-bond donors (Lipinski definition) is 0. The van der Waals surface area contributed by atoms with Crippen LogP contribution in [0.2, 0.25) is 18.1 Å². The van der Waals surface area contributed by atoms with Crippen LogP contribution in [-0.2, 0) is 28.8 Å². The van der Waals surface area contributed by atoms with Crippen molar-refractivity contribution in [1.82, 2.24) is 9.55 Å². The first-order valence-electron chi connectivity index (χ1n) is 12.9. The Morgan fingerprint density at radius 1 is 1.18 bits per heavy atom. The van der Waals surface area contributed by atoms with Crippen molar-refractivity contribution >= 4 is 24.4 Å². The molecule has 39 heavy (non-hydrogen) atoms. The summed E-state index contributed by atoms with van der Waals surface area (Å²) in [6, 6.07) is 4.82. The SMILES string of the molecule is COC(=O)C[C@H]1C[C@H](n2ccc(OS(=O)(=O)c3c(C)cc(C)cc3C)nc2=O)O[C@@H]1CO[Si](C)(C)C(C)(C)C. The summed E-state index contributed by atoms with van der Waals surface area (Å²) in [5.41, 5.74) is 1.29. The second-order valence-electron chi connectivity index (χ2n) is 11.7. The number of hydrogen-bond acceptors (Lipinski definition) is 9. The third-order valence-electron chi connectivity index (χ3n) is 7.60. The highest BCUT2D eigenvalue weighted by Crippen LogP contribution is 2.39. The highest BCUT2D eigenvalue weighted by atomic mass is 32.2. The van der Waals surface area contributed by atoms with Gasteiger partial charge < -0.3 is 18.1 Å². The Morgan fingerprint density at radius 3 is 2.33 bits per heavy atom. The number of benzene rings is 1. The Labute approximate surface area is 231 Å². The van der Waals surface area contributed by atoms with E-state index < -0.39 is 36.5 Å². The predicted molar refractivity (Wildman–Crippen MR) is 149 cm³/mol. The van der Waals surface area contributed by atoms with Crippen LogP contribution < -0.4 is 9.87 Å². The lowest BCUT2D eigenvalue weighted by Gasteiger charge is -2.37. The number of rotatable bonds is 9. The van der Waals surface area contributed by atoms with E-state index >= 15 is 0 Å². The van der Waals surface area contributed by atoms with Crippen molar-refractivity contribution in [2.75, 3.05) is 13.7 Å². The van der Waals surface area contributed by atoms with Gasteiger partial charge in [0, 0.05) is 18.2 Å². The molecule has 1 aromatic carbocycles. The van der Waals surface area contributed by atoms with Crippen LogP contribution in [-0.4, -0.2) is 52.1 Å². The first-order chi connectivity index (χ1) is 17.9. The van der Waals surface area contributed by atoms with Crippen molar-refractivity contribution in [2.45, 2.75) is 89.7 Å². The van der Waals surface area contributed by atoms with Gasteiger partial charge in [0.15, 0.2) is 8.32 Å². The summed E-state index contributed by atoms with van der Waals surface area (Å²) >= 11 is 0. The van der Waals surface area contributed by atoms with E-state index in [0.717, 1.165) is 5.56 Å². The van der Waals surface area contributed by atoms with Crippen molar-refractivity contribution in [3.8, 4) is 5.88 Å². The van der Waals surface area contributed by atoms with Gasteiger partial charge in [0.05, 0.1) is 26.2 Å². The zero-order valence-corrected chi connectivity index (χ0v) is 26.0. The predicted octanol–water partition coefficient (Wildman–Crippen LogP) is 4.42. The zero-order valence-electron chi connectivity index (χ0n) is 24.2. The minimum atomic E-state index is -4.21. The highest BCUT2D eigenvalue weighted by Gasteiger charge is 2.42. The molecule has 1 aliphatic heterocycles. The minimum Gasteiger partial charge on any atom is -0.469 e. The molecule has 1 aromatic heterocycles. The molecule has 0 aliphatic carbocycles. The quantitative estimate of drug-likeness (QED) is 0.241. The van der Waals surface area contributed by atoms with Crippen LogP contribution in [0.25, 0.3) is 0 Å². The molecule has 2 heterocycles. The van der Waals surface area contributed by atoms with E-state index in [1.165, 1.54) is 23.9 Å². The van der Waals surface area contributed by atoms with Crippen LogP contribution in [0, 0.1) is 26.7 Å². The van der Waals surface area contributed by atoms with Crippen molar-refractivity contribution in [2.24, 2.45) is 5.92 Å². The largest absolute Gasteiger partial charge is 0.469 e. The maximum Gasteiger partial charge on any atom is 0.353 e. The number of aryl methyl sites for hydroxylation is 3. The Bertz CT molecular complexity index is 1360. The van der Waals surface area contributed by atoms with Gasteiger partial charge in [-0.2, -0.15) is 13.4 Å². The number of esters is 1. The van der Waals surface area contributed by atoms with E-state index in [1.807, 2.05) is 6.92 Å². The van der Waals surface area contributed by atoms with Crippen molar-refractivity contribution in [3.05, 3.63) is 51.6 Å². The molecule has 3 atom stereocenters. The third-order valence-corrected chi connectivity index (χ3v) is 13.6. The number of nitrogens with zero attached hydrogens (tertiary/aromatic N) is 2. The van der Waals surface area contributed by atoms with Gasteiger partial charge in [0.2, 0.25) is 5.88 Å². The first-order valence-corrected chi connectivity index (χ1v) is 17.2. The van der Waals surface area contributed by atoms with Gasteiger partial charge in [-0.1, -0.05) is 38.5 Å². The Morgan fingerprint density at radius 2 is 1.79 bits per heavy atom. The van der Waals surface area contributed by atoms with E-state index in [1.54, 1.807) is 26.0 Å². The fraction of sp³-hybridized carbons (Fsp3) is 0.593. The number of aromatic nitrogens is 2. The summed E-state index contributed by atoms with van der Waals surface area (Å²) in [7, 11) is -4.97. The molecule has 12 heteroatoms. The lowest BCUT2D eigenvalue weighted by molar-refractivity contribution is -0.142. The Kier molecular flexibility index (Phi) is 9.15. The average Bonchev–Trinajstić information content (AvgIpc) is 3.17. The van der Waals surface area contributed by atoms with Crippen LogP contribution in [0.4, 0.5) is 0 Å². The number of carbonyl (C=O) groups excluding carboxylic acids is 1. The first kappa shape index (κ1) is 31.0. The van der Waals surface area contributed by atoms with Gasteiger partial charge >= 0.3 is 21.8 Å². The number of carbonyl (C=O) groups is 1. The molecule has 10 nitrogen and oxygen atoms in total. The second-order valence-corrected chi connectivity index (χ2v) is 18.0. The molecule has 0 unspecified atom stereocenters. The Hall–Kier alpha value is -2.54. The van der Waals surface area contributed by atoms with Crippen molar-refractivity contribution in [3.63, 3.8) is 0 Å². The molecular weight excluding hydrogens is 540 g/mol. The van der Waals surface area contributed by atoms with Crippen LogP contribution in [0.15, 0.2) is 34.1 Å². The minimum absolute atomic E-state index is 0.00443. The summed E-state index contributed by atoms with van der Waals surface area (Å²) < 4.78 is 49.9. The molecule has 0 N–H and O–H groups in total. The molecule has 216 valence electrons. The van der Waals surface area contributed by atoms with Crippen LogP contribution in [0.5, 0.6) is 5.88 Å². The topological polar surface area (TPSA) is 123 Å². The van der Waals surface area contributed by atoms with Gasteiger partial charge in [0.1, 0.15) is 11.1 Å². The van der Waals surface area contributed by atoms with Crippen LogP contribution in [0.1, 0.15) is 56.5 Å². The molecule has 1 aliphatic rings. The maximum atomic E-state index is 13.0. The summed E-state index contributed by atoms with van der Waals surface area (Å²) in [6.07, 6.45) is 0.739. The second kappa shape index (κ2) is 11.5. The standard InChI is InChI=1S/C27H40N2O8SSi/c1-17-12-18(2)25(19(3)13-17)38(32,33)37-22-10-11-29(26(31)28-22)23-14-20(15-24(30)34-7)21(36-23)16-35-39(8,9)27(4,5)6/h10-13,20-21,23H,14-16H2,1-9H3/t20-,21-,23-/m1/s1. The third kappa shape index (κ3) is 7.16.